The molecular formula is C20H35IN4O3. The Morgan fingerprint density at radius 2 is 2.04 bits per heavy atom. The molecule has 0 spiro atoms. The van der Waals surface area contributed by atoms with Crippen molar-refractivity contribution in [3.05, 3.63) is 24.3 Å². The summed E-state index contributed by atoms with van der Waals surface area (Å²) in [7, 11) is 0. The molecule has 0 aromatic heterocycles. The number of guanidine groups is 1. The molecule has 1 atom stereocenters. The second-order valence-corrected chi connectivity index (χ2v) is 6.37. The molecule has 160 valence electrons. The van der Waals surface area contributed by atoms with Crippen LogP contribution in [0.2, 0.25) is 0 Å². The van der Waals surface area contributed by atoms with Gasteiger partial charge in [-0.05, 0) is 37.8 Å². The summed E-state index contributed by atoms with van der Waals surface area (Å²) in [4.78, 5) is 15.7. The van der Waals surface area contributed by atoms with Gasteiger partial charge >= 0.3 is 0 Å². The Kier molecular flexibility index (Phi) is 15.5. The number of nitrogens with one attached hydrogen (secondary N) is 3. The van der Waals surface area contributed by atoms with E-state index in [1.54, 1.807) is 6.07 Å². The first-order valence-electron chi connectivity index (χ1n) is 9.72. The molecule has 1 amide bonds. The van der Waals surface area contributed by atoms with Crippen molar-refractivity contribution in [3.8, 4) is 5.75 Å². The van der Waals surface area contributed by atoms with E-state index in [0.717, 1.165) is 31.8 Å². The Balaban J connectivity index is 0.00000729. The van der Waals surface area contributed by atoms with Gasteiger partial charge in [0.25, 0.3) is 0 Å². The van der Waals surface area contributed by atoms with Crippen molar-refractivity contribution >= 4 is 41.5 Å². The van der Waals surface area contributed by atoms with Crippen LogP contribution in [0.4, 0.5) is 5.69 Å². The number of rotatable bonds is 12. The van der Waals surface area contributed by atoms with Crippen LogP contribution in [-0.2, 0) is 4.79 Å². The lowest BCUT2D eigenvalue weighted by atomic mass is 10.0. The maximum Gasteiger partial charge on any atom is 0.221 e. The van der Waals surface area contributed by atoms with Gasteiger partial charge in [-0.3, -0.25) is 9.79 Å². The molecule has 4 N–H and O–H groups in total. The fourth-order valence-electron chi connectivity index (χ4n) is 2.69. The van der Waals surface area contributed by atoms with E-state index in [9.17, 15) is 4.79 Å². The van der Waals surface area contributed by atoms with Crippen LogP contribution in [0.25, 0.3) is 0 Å². The molecule has 0 bridgehead atoms. The van der Waals surface area contributed by atoms with Crippen LogP contribution in [0.15, 0.2) is 29.3 Å². The van der Waals surface area contributed by atoms with Crippen molar-refractivity contribution in [2.24, 2.45) is 10.9 Å². The lowest BCUT2D eigenvalue weighted by Gasteiger charge is -2.15. The highest BCUT2D eigenvalue weighted by molar-refractivity contribution is 14.0. The molecule has 0 aliphatic heterocycles. The van der Waals surface area contributed by atoms with Crippen LogP contribution in [0, 0.1) is 5.92 Å². The maximum atomic E-state index is 11.1. The van der Waals surface area contributed by atoms with Crippen LogP contribution in [-0.4, -0.2) is 49.8 Å². The van der Waals surface area contributed by atoms with E-state index in [1.807, 2.05) is 25.1 Å². The molecule has 8 heteroatoms. The summed E-state index contributed by atoms with van der Waals surface area (Å²) >= 11 is 0. The summed E-state index contributed by atoms with van der Waals surface area (Å²) in [6.45, 7) is 8.42. The van der Waals surface area contributed by atoms with Crippen molar-refractivity contribution in [2.75, 3.05) is 38.2 Å². The quantitative estimate of drug-likeness (QED) is 0.151. The van der Waals surface area contributed by atoms with Gasteiger partial charge in [0.15, 0.2) is 5.96 Å². The van der Waals surface area contributed by atoms with Gasteiger partial charge < -0.3 is 25.8 Å². The number of hydrogen-bond acceptors (Lipinski definition) is 4. The minimum atomic E-state index is -0.108. The predicted octanol–water partition coefficient (Wildman–Crippen LogP) is 3.00. The number of benzene rings is 1. The summed E-state index contributed by atoms with van der Waals surface area (Å²) in [5, 5.41) is 18.4. The highest BCUT2D eigenvalue weighted by atomic mass is 127. The molecule has 0 radical (unpaired) electrons. The third kappa shape index (κ3) is 12.0. The Morgan fingerprint density at radius 3 is 2.68 bits per heavy atom. The van der Waals surface area contributed by atoms with E-state index in [-0.39, 0.29) is 36.5 Å². The predicted molar refractivity (Wildman–Crippen MR) is 126 cm³/mol. The molecule has 1 rings (SSSR count). The highest BCUT2D eigenvalue weighted by Gasteiger charge is 2.07. The number of halogens is 1. The third-order valence-corrected chi connectivity index (χ3v) is 3.90. The normalized spacial score (nSPS) is 11.9. The van der Waals surface area contributed by atoms with E-state index in [2.05, 4.69) is 27.9 Å². The number of carbonyl (C=O) groups excluding carboxylic acids is 1. The second kappa shape index (κ2) is 16.4. The van der Waals surface area contributed by atoms with E-state index < -0.39 is 0 Å². The largest absolute Gasteiger partial charge is 0.492 e. The number of carbonyl (C=O) groups is 1. The first-order chi connectivity index (χ1) is 13.1. The Bertz CT molecular complexity index is 578. The van der Waals surface area contributed by atoms with Crippen molar-refractivity contribution in [2.45, 2.75) is 40.0 Å². The number of anilines is 1. The molecule has 1 unspecified atom stereocenters. The van der Waals surface area contributed by atoms with Crippen LogP contribution in [0.5, 0.6) is 5.75 Å². The molecule has 0 fully saturated rings. The van der Waals surface area contributed by atoms with Crippen molar-refractivity contribution in [1.82, 2.24) is 10.6 Å². The van der Waals surface area contributed by atoms with Crippen LogP contribution >= 0.6 is 24.0 Å². The zero-order valence-corrected chi connectivity index (χ0v) is 19.5. The smallest absolute Gasteiger partial charge is 0.221 e. The second-order valence-electron chi connectivity index (χ2n) is 6.37. The summed E-state index contributed by atoms with van der Waals surface area (Å²) in [6.07, 6.45) is 2.94. The Labute approximate surface area is 185 Å². The van der Waals surface area contributed by atoms with Gasteiger partial charge in [-0.25, -0.2) is 0 Å². The lowest BCUT2D eigenvalue weighted by molar-refractivity contribution is -0.114. The fourth-order valence-corrected chi connectivity index (χ4v) is 2.69. The number of aliphatic imine (C=N–C) groups is 1. The number of aliphatic hydroxyl groups excluding tert-OH is 1. The highest BCUT2D eigenvalue weighted by Crippen LogP contribution is 2.17. The third-order valence-electron chi connectivity index (χ3n) is 3.90. The van der Waals surface area contributed by atoms with Crippen molar-refractivity contribution in [3.63, 3.8) is 0 Å². The molecular weight excluding hydrogens is 471 g/mol. The average Bonchev–Trinajstić information content (AvgIpc) is 2.63. The number of amides is 1. The standard InChI is InChI=1S/C20H34N4O3.HI/c1-4-7-17(10-12-25)15-23-20(21-5-2)22-11-13-27-19-9-6-8-18(14-19)24-16(3)26;/h6,8-9,14,17,25H,4-5,7,10-13,15H2,1-3H3,(H,24,26)(H2,21,22,23);1H. The van der Waals surface area contributed by atoms with E-state index >= 15 is 0 Å². The molecule has 1 aromatic rings. The van der Waals surface area contributed by atoms with Crippen LogP contribution < -0.4 is 20.7 Å². The number of ether oxygens (including phenoxy) is 1. The SMILES string of the molecule is CCCC(CCO)CN=C(NCC)NCCOc1cccc(NC(C)=O)c1.I. The molecule has 28 heavy (non-hydrogen) atoms. The summed E-state index contributed by atoms with van der Waals surface area (Å²) in [5.41, 5.74) is 0.716. The van der Waals surface area contributed by atoms with Crippen molar-refractivity contribution < 1.29 is 14.6 Å². The van der Waals surface area contributed by atoms with Gasteiger partial charge in [0.1, 0.15) is 12.4 Å². The van der Waals surface area contributed by atoms with Gasteiger partial charge in [-0.1, -0.05) is 19.4 Å². The van der Waals surface area contributed by atoms with Gasteiger partial charge in [-0.2, -0.15) is 0 Å². The summed E-state index contributed by atoms with van der Waals surface area (Å²) in [5.74, 6) is 1.76. The first-order valence-corrected chi connectivity index (χ1v) is 9.72. The molecule has 7 nitrogen and oxygen atoms in total. The average molecular weight is 506 g/mol. The number of hydrogen-bond donors (Lipinski definition) is 4. The van der Waals surface area contributed by atoms with Gasteiger partial charge in [0.05, 0.1) is 6.54 Å². The minimum Gasteiger partial charge on any atom is -0.492 e. The Hall–Kier alpha value is -1.55. The number of nitrogens with zero attached hydrogens (tertiary/aromatic N) is 1. The summed E-state index contributed by atoms with van der Waals surface area (Å²) < 4.78 is 5.73. The van der Waals surface area contributed by atoms with Gasteiger partial charge in [-0.15, -0.1) is 24.0 Å². The minimum absolute atomic E-state index is 0. The van der Waals surface area contributed by atoms with E-state index in [0.29, 0.717) is 37.1 Å². The maximum absolute atomic E-state index is 11.1. The topological polar surface area (TPSA) is 95.0 Å². The lowest BCUT2D eigenvalue weighted by Crippen LogP contribution is -2.39. The zero-order valence-electron chi connectivity index (χ0n) is 17.2. The molecule has 0 saturated heterocycles. The van der Waals surface area contributed by atoms with Crippen LogP contribution in [0.1, 0.15) is 40.0 Å². The first kappa shape index (κ1) is 26.4. The van der Waals surface area contributed by atoms with Gasteiger partial charge in [0, 0.05) is 38.4 Å². The molecule has 0 aliphatic carbocycles. The van der Waals surface area contributed by atoms with Crippen molar-refractivity contribution in [1.29, 1.82) is 0 Å². The fraction of sp³-hybridized carbons (Fsp3) is 0.600. The molecule has 0 heterocycles. The van der Waals surface area contributed by atoms with Crippen LogP contribution in [0.3, 0.4) is 0 Å². The number of aliphatic hydroxyl groups is 1. The molecule has 0 saturated carbocycles. The van der Waals surface area contributed by atoms with Gasteiger partial charge in [0.2, 0.25) is 5.91 Å². The molecule has 0 aliphatic rings. The zero-order chi connectivity index (χ0) is 19.9. The van der Waals surface area contributed by atoms with E-state index in [4.69, 9.17) is 9.84 Å². The molecule has 1 aromatic carbocycles. The summed E-state index contributed by atoms with van der Waals surface area (Å²) in [6, 6.07) is 7.32. The van der Waals surface area contributed by atoms with E-state index in [1.165, 1.54) is 6.92 Å². The Morgan fingerprint density at radius 1 is 1.25 bits per heavy atom. The monoisotopic (exact) mass is 506 g/mol.